The highest BCUT2D eigenvalue weighted by Gasteiger charge is 2.05. The van der Waals surface area contributed by atoms with E-state index < -0.39 is 0 Å². The number of aryl methyl sites for hydroxylation is 3. The third-order valence-corrected chi connectivity index (χ3v) is 5.24. The normalized spacial score (nSPS) is 10.9. The van der Waals surface area contributed by atoms with E-state index in [0.717, 1.165) is 46.6 Å². The van der Waals surface area contributed by atoms with Crippen molar-refractivity contribution >= 4 is 11.6 Å². The molecule has 6 nitrogen and oxygen atoms in total. The van der Waals surface area contributed by atoms with E-state index in [-0.39, 0.29) is 5.91 Å². The lowest BCUT2D eigenvalue weighted by Gasteiger charge is -2.09. The minimum atomic E-state index is 0.0666. The molecule has 0 saturated carbocycles. The number of nitrogens with zero attached hydrogens (tertiary/aromatic N) is 3. The molecule has 1 N–H and O–H groups in total. The minimum Gasteiger partial charge on any atom is -0.489 e. The second-order valence-electron chi connectivity index (χ2n) is 7.93. The summed E-state index contributed by atoms with van der Waals surface area (Å²) in [5, 5.41) is 7.40. The number of hydrogen-bond donors (Lipinski definition) is 1. The van der Waals surface area contributed by atoms with Crippen LogP contribution in [0.15, 0.2) is 73.1 Å². The molecule has 0 bridgehead atoms. The van der Waals surface area contributed by atoms with Gasteiger partial charge in [-0.2, -0.15) is 5.10 Å². The van der Waals surface area contributed by atoms with Crippen molar-refractivity contribution in [3.63, 3.8) is 0 Å². The Kier molecular flexibility index (Phi) is 7.12. The average molecular weight is 429 g/mol. The highest BCUT2D eigenvalue weighted by atomic mass is 16.5. The molecule has 1 amide bonds. The second kappa shape index (κ2) is 10.6. The molecule has 2 aromatic heterocycles. The van der Waals surface area contributed by atoms with Crippen molar-refractivity contribution in [2.45, 2.75) is 39.2 Å². The fraction of sp³-hybridized carbons (Fsp3) is 0.269. The van der Waals surface area contributed by atoms with E-state index in [4.69, 9.17) is 4.74 Å². The quantitative estimate of drug-likeness (QED) is 0.383. The molecule has 0 radical (unpaired) electrons. The van der Waals surface area contributed by atoms with E-state index in [2.05, 4.69) is 15.4 Å². The first-order chi connectivity index (χ1) is 15.7. The summed E-state index contributed by atoms with van der Waals surface area (Å²) in [4.78, 5) is 16.7. The van der Waals surface area contributed by atoms with Crippen molar-refractivity contribution in [3.8, 4) is 5.75 Å². The molecular weight excluding hydrogens is 400 g/mol. The highest BCUT2D eigenvalue weighted by Crippen LogP contribution is 2.16. The predicted molar refractivity (Wildman–Crippen MR) is 125 cm³/mol. The third kappa shape index (κ3) is 6.17. The molecule has 6 heteroatoms. The molecule has 32 heavy (non-hydrogen) atoms. The van der Waals surface area contributed by atoms with Gasteiger partial charge >= 0.3 is 0 Å². The second-order valence-corrected chi connectivity index (χ2v) is 7.93. The molecule has 4 rings (SSSR count). The van der Waals surface area contributed by atoms with Gasteiger partial charge in [-0.1, -0.05) is 42.5 Å². The lowest BCUT2D eigenvalue weighted by Crippen LogP contribution is -2.25. The number of rotatable bonds is 10. The van der Waals surface area contributed by atoms with Crippen LogP contribution in [0.1, 0.15) is 35.2 Å². The zero-order valence-corrected chi connectivity index (χ0v) is 18.3. The van der Waals surface area contributed by atoms with Gasteiger partial charge in [-0.05, 0) is 55.0 Å². The van der Waals surface area contributed by atoms with Crippen LogP contribution in [-0.4, -0.2) is 27.0 Å². The Hall–Kier alpha value is -3.67. The first kappa shape index (κ1) is 21.6. The summed E-state index contributed by atoms with van der Waals surface area (Å²) in [5.41, 5.74) is 5.15. The Morgan fingerprint density at radius 3 is 2.72 bits per heavy atom. The smallest absolute Gasteiger partial charge is 0.220 e. The molecular formula is C26H28N4O2. The molecule has 0 atom stereocenters. The first-order valence-corrected chi connectivity index (χ1v) is 11.0. The zero-order valence-electron chi connectivity index (χ0n) is 18.3. The first-order valence-electron chi connectivity index (χ1n) is 11.0. The van der Waals surface area contributed by atoms with Crippen LogP contribution in [0.5, 0.6) is 5.75 Å². The van der Waals surface area contributed by atoms with E-state index in [1.54, 1.807) is 4.52 Å². The molecule has 0 aliphatic heterocycles. The summed E-state index contributed by atoms with van der Waals surface area (Å²) in [5.74, 6) is 0.890. The van der Waals surface area contributed by atoms with Gasteiger partial charge in [0.15, 0.2) is 5.65 Å². The van der Waals surface area contributed by atoms with Gasteiger partial charge in [-0.3, -0.25) is 4.79 Å². The van der Waals surface area contributed by atoms with Gasteiger partial charge in [0, 0.05) is 31.4 Å². The number of ether oxygens (including phenoxy) is 1. The lowest BCUT2D eigenvalue weighted by molar-refractivity contribution is -0.121. The summed E-state index contributed by atoms with van der Waals surface area (Å²) >= 11 is 0. The summed E-state index contributed by atoms with van der Waals surface area (Å²) in [6.45, 7) is 3.14. The zero-order chi connectivity index (χ0) is 22.2. The van der Waals surface area contributed by atoms with Crippen LogP contribution in [0.25, 0.3) is 5.65 Å². The molecule has 2 aromatic carbocycles. The van der Waals surface area contributed by atoms with E-state index >= 15 is 0 Å². The van der Waals surface area contributed by atoms with Gasteiger partial charge in [0.05, 0.1) is 5.69 Å². The monoisotopic (exact) mass is 428 g/mol. The van der Waals surface area contributed by atoms with Crippen LogP contribution in [0.3, 0.4) is 0 Å². The van der Waals surface area contributed by atoms with E-state index in [1.807, 2.05) is 80.0 Å². The number of nitrogens with one attached hydrogen (secondary N) is 1. The summed E-state index contributed by atoms with van der Waals surface area (Å²) in [7, 11) is 0. The van der Waals surface area contributed by atoms with Crippen LogP contribution in [0, 0.1) is 6.92 Å². The van der Waals surface area contributed by atoms with Crippen molar-refractivity contribution in [2.24, 2.45) is 0 Å². The van der Waals surface area contributed by atoms with Crippen molar-refractivity contribution in [1.29, 1.82) is 0 Å². The van der Waals surface area contributed by atoms with Crippen molar-refractivity contribution in [1.82, 2.24) is 19.9 Å². The molecule has 0 aliphatic carbocycles. The van der Waals surface area contributed by atoms with Crippen LogP contribution >= 0.6 is 0 Å². The van der Waals surface area contributed by atoms with Crippen molar-refractivity contribution in [3.05, 3.63) is 95.4 Å². The van der Waals surface area contributed by atoms with Crippen LogP contribution in [0.2, 0.25) is 0 Å². The van der Waals surface area contributed by atoms with E-state index in [1.165, 1.54) is 0 Å². The summed E-state index contributed by atoms with van der Waals surface area (Å²) in [6.07, 6.45) is 6.75. The molecule has 4 aromatic rings. The topological polar surface area (TPSA) is 68.5 Å². The van der Waals surface area contributed by atoms with Gasteiger partial charge in [-0.25, -0.2) is 9.50 Å². The number of hydrogen-bond acceptors (Lipinski definition) is 4. The summed E-state index contributed by atoms with van der Waals surface area (Å²) in [6, 6.07) is 20.0. The summed E-state index contributed by atoms with van der Waals surface area (Å²) < 4.78 is 7.68. The Labute approximate surface area is 188 Å². The van der Waals surface area contributed by atoms with Crippen LogP contribution in [-0.2, 0) is 24.2 Å². The Morgan fingerprint density at radius 1 is 1.00 bits per heavy atom. The van der Waals surface area contributed by atoms with Gasteiger partial charge in [0.1, 0.15) is 12.4 Å². The molecule has 0 fully saturated rings. The van der Waals surface area contributed by atoms with Crippen LogP contribution < -0.4 is 10.1 Å². The Morgan fingerprint density at radius 2 is 1.84 bits per heavy atom. The largest absolute Gasteiger partial charge is 0.489 e. The molecule has 0 saturated heterocycles. The highest BCUT2D eigenvalue weighted by molar-refractivity contribution is 5.76. The van der Waals surface area contributed by atoms with E-state index in [0.29, 0.717) is 26.0 Å². The SMILES string of the molecule is Cc1cc2ncc(CCCNC(=O)CCc3cccc(OCc4ccccc4)c3)cn2n1. The third-order valence-electron chi connectivity index (χ3n) is 5.24. The molecule has 2 heterocycles. The Bertz CT molecular complexity index is 1170. The van der Waals surface area contributed by atoms with Crippen molar-refractivity contribution < 1.29 is 9.53 Å². The van der Waals surface area contributed by atoms with Crippen LogP contribution in [0.4, 0.5) is 0 Å². The van der Waals surface area contributed by atoms with Gasteiger partial charge in [0.2, 0.25) is 5.91 Å². The number of amides is 1. The molecule has 0 spiro atoms. The van der Waals surface area contributed by atoms with E-state index in [9.17, 15) is 4.79 Å². The standard InChI is InChI=1S/C26H28N4O2/c1-20-15-25-28-17-23(18-30(25)29-20)10-6-14-27-26(31)13-12-21-9-5-11-24(16-21)32-19-22-7-3-2-4-8-22/h2-5,7-9,11,15-18H,6,10,12-14,19H2,1H3,(H,27,31). The van der Waals surface area contributed by atoms with Gasteiger partial charge in [0.25, 0.3) is 0 Å². The Balaban J connectivity index is 1.17. The number of carbonyl (C=O) groups excluding carboxylic acids is 1. The van der Waals surface area contributed by atoms with Gasteiger partial charge in [-0.15, -0.1) is 0 Å². The molecule has 0 unspecified atom stereocenters. The fourth-order valence-electron chi connectivity index (χ4n) is 3.56. The minimum absolute atomic E-state index is 0.0666. The lowest BCUT2D eigenvalue weighted by atomic mass is 10.1. The number of carbonyl (C=O) groups is 1. The predicted octanol–water partition coefficient (Wildman–Crippen LogP) is 4.30. The molecule has 0 aliphatic rings. The maximum absolute atomic E-state index is 12.2. The number of benzene rings is 2. The van der Waals surface area contributed by atoms with Gasteiger partial charge < -0.3 is 10.1 Å². The number of fused-ring (bicyclic) bond motifs is 1. The number of aromatic nitrogens is 3. The fourth-order valence-corrected chi connectivity index (χ4v) is 3.56. The maximum atomic E-state index is 12.2. The maximum Gasteiger partial charge on any atom is 0.220 e. The average Bonchev–Trinajstić information content (AvgIpc) is 3.19. The van der Waals surface area contributed by atoms with Crippen molar-refractivity contribution in [2.75, 3.05) is 6.54 Å². The molecule has 164 valence electrons.